The van der Waals surface area contributed by atoms with Crippen molar-refractivity contribution in [1.29, 1.82) is 5.26 Å². The molecule has 9 heteroatoms. The zero-order chi connectivity index (χ0) is 24.2. The van der Waals surface area contributed by atoms with Gasteiger partial charge in [-0.3, -0.25) is 19.1 Å². The maximum absolute atomic E-state index is 13.5. The van der Waals surface area contributed by atoms with Crippen LogP contribution < -0.4 is 10.5 Å². The zero-order valence-electron chi connectivity index (χ0n) is 20.0. The van der Waals surface area contributed by atoms with Gasteiger partial charge in [0.15, 0.2) is 0 Å². The molecule has 1 aromatic rings. The monoisotopic (exact) mass is 500 g/mol. The third-order valence-corrected chi connectivity index (χ3v) is 8.26. The first-order chi connectivity index (χ1) is 16.5. The molecule has 1 saturated carbocycles. The average Bonchev–Trinajstić information content (AvgIpc) is 3.13. The molecule has 7 nitrogen and oxygen atoms in total. The van der Waals surface area contributed by atoms with Gasteiger partial charge in [-0.25, -0.2) is 0 Å². The van der Waals surface area contributed by atoms with Crippen LogP contribution in [0.15, 0.2) is 9.70 Å². The van der Waals surface area contributed by atoms with Gasteiger partial charge in [0.2, 0.25) is 0 Å². The van der Waals surface area contributed by atoms with E-state index in [-0.39, 0.29) is 23.1 Å². The maximum atomic E-state index is 13.5. The number of ether oxygens (including phenoxy) is 1. The molecule has 3 heterocycles. The largest absolute Gasteiger partial charge is 0.378 e. The van der Waals surface area contributed by atoms with Crippen molar-refractivity contribution in [3.05, 3.63) is 31.9 Å². The number of hydrogen-bond acceptors (Lipinski definition) is 7. The minimum absolute atomic E-state index is 0.0564. The molecule has 1 aliphatic carbocycles. The second-order valence-corrected chi connectivity index (χ2v) is 10.8. The highest BCUT2D eigenvalue weighted by molar-refractivity contribution is 8.26. The van der Waals surface area contributed by atoms with Crippen molar-refractivity contribution in [3.63, 3.8) is 0 Å². The first kappa shape index (κ1) is 25.0. The van der Waals surface area contributed by atoms with Crippen LogP contribution in [0.25, 0.3) is 6.08 Å². The molecule has 0 atom stereocenters. The lowest BCUT2D eigenvalue weighted by Crippen LogP contribution is -2.41. The Morgan fingerprint density at radius 2 is 1.91 bits per heavy atom. The second-order valence-electron chi connectivity index (χ2n) is 9.10. The van der Waals surface area contributed by atoms with Gasteiger partial charge in [-0.05, 0) is 37.8 Å². The molecule has 0 unspecified atom stereocenters. The first-order valence-corrected chi connectivity index (χ1v) is 13.5. The highest BCUT2D eigenvalue weighted by Crippen LogP contribution is 2.39. The van der Waals surface area contributed by atoms with Crippen molar-refractivity contribution < 1.29 is 9.53 Å². The van der Waals surface area contributed by atoms with Gasteiger partial charge in [-0.2, -0.15) is 5.26 Å². The molecule has 1 aromatic heterocycles. The number of hydrogen-bond donors (Lipinski definition) is 0. The smallest absolute Gasteiger partial charge is 0.270 e. The van der Waals surface area contributed by atoms with Crippen LogP contribution in [0, 0.1) is 18.3 Å². The van der Waals surface area contributed by atoms with Gasteiger partial charge in [-0.1, -0.05) is 56.6 Å². The molecule has 0 aromatic carbocycles. The number of anilines is 1. The van der Waals surface area contributed by atoms with Crippen LogP contribution in [0.5, 0.6) is 0 Å². The minimum Gasteiger partial charge on any atom is -0.378 e. The van der Waals surface area contributed by atoms with Crippen LogP contribution in [0.3, 0.4) is 0 Å². The SMILES string of the molecule is CCCCn1c(N2CCOCC2)c(/C=C2\SC(=S)N(C3CCCCC3)C2=O)c(C)c(C#N)c1=O. The van der Waals surface area contributed by atoms with Gasteiger partial charge in [-0.15, -0.1) is 0 Å². The number of amides is 1. The predicted molar refractivity (Wildman–Crippen MR) is 140 cm³/mol. The number of thiocarbonyl (C=S) groups is 1. The third kappa shape index (κ3) is 4.81. The number of unbranched alkanes of at least 4 members (excludes halogenated alkanes) is 1. The van der Waals surface area contributed by atoms with Crippen molar-refractivity contribution in [2.75, 3.05) is 31.2 Å². The van der Waals surface area contributed by atoms with E-state index >= 15 is 0 Å². The number of carbonyl (C=O) groups is 1. The lowest BCUT2D eigenvalue weighted by Gasteiger charge is -2.33. The highest BCUT2D eigenvalue weighted by atomic mass is 32.2. The molecule has 3 fully saturated rings. The van der Waals surface area contributed by atoms with E-state index in [4.69, 9.17) is 17.0 Å². The van der Waals surface area contributed by atoms with Gasteiger partial charge in [0.05, 0.1) is 18.1 Å². The van der Waals surface area contributed by atoms with Gasteiger partial charge in [0, 0.05) is 31.2 Å². The van der Waals surface area contributed by atoms with E-state index in [0.717, 1.165) is 49.9 Å². The maximum Gasteiger partial charge on any atom is 0.270 e. The Morgan fingerprint density at radius 3 is 2.56 bits per heavy atom. The van der Waals surface area contributed by atoms with Crippen LogP contribution in [-0.2, 0) is 16.1 Å². The Morgan fingerprint density at radius 1 is 1.21 bits per heavy atom. The van der Waals surface area contributed by atoms with Gasteiger partial charge >= 0.3 is 0 Å². The van der Waals surface area contributed by atoms with Gasteiger partial charge in [0.1, 0.15) is 21.8 Å². The van der Waals surface area contributed by atoms with Crippen LogP contribution in [-0.4, -0.2) is 52.0 Å². The summed E-state index contributed by atoms with van der Waals surface area (Å²) in [5, 5.41) is 9.82. The predicted octanol–water partition coefficient (Wildman–Crippen LogP) is 4.20. The van der Waals surface area contributed by atoms with Crippen molar-refractivity contribution in [2.45, 2.75) is 71.4 Å². The van der Waals surface area contributed by atoms with Crippen molar-refractivity contribution in [3.8, 4) is 6.07 Å². The fraction of sp³-hybridized carbons (Fsp3) is 0.600. The molecule has 2 saturated heterocycles. The Kier molecular flexibility index (Phi) is 8.12. The van der Waals surface area contributed by atoms with Crippen LogP contribution in [0.2, 0.25) is 0 Å². The van der Waals surface area contributed by atoms with E-state index < -0.39 is 0 Å². The van der Waals surface area contributed by atoms with Crippen molar-refractivity contribution >= 4 is 46.1 Å². The molecular formula is C25H32N4O3S2. The number of morpholine rings is 1. The molecule has 34 heavy (non-hydrogen) atoms. The van der Waals surface area contributed by atoms with E-state index in [9.17, 15) is 14.9 Å². The fourth-order valence-electron chi connectivity index (χ4n) is 5.05. The second kappa shape index (κ2) is 11.1. The Bertz CT molecular complexity index is 1090. The van der Waals surface area contributed by atoms with Gasteiger partial charge in [0.25, 0.3) is 11.5 Å². The number of aromatic nitrogens is 1. The summed E-state index contributed by atoms with van der Waals surface area (Å²) in [6, 6.07) is 2.29. The van der Waals surface area contributed by atoms with Crippen LogP contribution in [0.1, 0.15) is 68.6 Å². The molecule has 0 N–H and O–H groups in total. The summed E-state index contributed by atoms with van der Waals surface area (Å²) < 4.78 is 7.89. The Hall–Kier alpha value is -2.15. The summed E-state index contributed by atoms with van der Waals surface area (Å²) in [5.41, 5.74) is 1.26. The lowest BCUT2D eigenvalue weighted by atomic mass is 9.94. The van der Waals surface area contributed by atoms with Gasteiger partial charge < -0.3 is 9.64 Å². The van der Waals surface area contributed by atoms with Crippen molar-refractivity contribution in [2.24, 2.45) is 0 Å². The molecule has 0 radical (unpaired) electrons. The molecular weight excluding hydrogens is 468 g/mol. The van der Waals surface area contributed by atoms with Crippen LogP contribution in [0.4, 0.5) is 5.82 Å². The molecule has 0 spiro atoms. The minimum atomic E-state index is -0.262. The average molecular weight is 501 g/mol. The standard InChI is InChI=1S/C25H32N4O3S2/c1-3-4-10-28-22(27-11-13-32-14-12-27)19(17(2)20(16-26)23(28)30)15-21-24(31)29(25(33)34-21)18-8-6-5-7-9-18/h15,18H,3-14H2,1-2H3/b21-15-. The van der Waals surface area contributed by atoms with E-state index in [2.05, 4.69) is 17.9 Å². The fourth-order valence-corrected chi connectivity index (χ4v) is 6.43. The highest BCUT2D eigenvalue weighted by Gasteiger charge is 2.38. The molecule has 3 aliphatic rings. The summed E-state index contributed by atoms with van der Waals surface area (Å²) in [7, 11) is 0. The topological polar surface area (TPSA) is 78.6 Å². The first-order valence-electron chi connectivity index (χ1n) is 12.2. The van der Waals surface area contributed by atoms with Crippen molar-refractivity contribution in [1.82, 2.24) is 9.47 Å². The van der Waals surface area contributed by atoms with E-state index in [1.165, 1.54) is 18.2 Å². The van der Waals surface area contributed by atoms with Crippen LogP contribution >= 0.6 is 24.0 Å². The number of nitrogens with zero attached hydrogens (tertiary/aromatic N) is 4. The normalized spacial score (nSPS) is 20.9. The molecule has 4 rings (SSSR count). The Labute approximate surface area is 210 Å². The molecule has 182 valence electrons. The molecule has 2 aliphatic heterocycles. The number of rotatable bonds is 6. The van der Waals surface area contributed by atoms with E-state index in [0.29, 0.717) is 47.6 Å². The summed E-state index contributed by atoms with van der Waals surface area (Å²) in [5.74, 6) is 0.722. The number of pyridine rings is 1. The number of carbonyl (C=O) groups excluding carboxylic acids is 1. The number of thioether (sulfide) groups is 1. The summed E-state index contributed by atoms with van der Waals surface area (Å²) in [6.07, 6.45) is 9.04. The number of nitriles is 1. The molecule has 0 bridgehead atoms. The van der Waals surface area contributed by atoms with E-state index in [1.807, 2.05) is 13.0 Å². The lowest BCUT2D eigenvalue weighted by molar-refractivity contribution is -0.124. The summed E-state index contributed by atoms with van der Waals surface area (Å²) in [4.78, 5) is 31.3. The Balaban J connectivity index is 1.83. The zero-order valence-corrected chi connectivity index (χ0v) is 21.6. The summed E-state index contributed by atoms with van der Waals surface area (Å²) >= 11 is 6.96. The quantitative estimate of drug-likeness (QED) is 0.428. The molecule has 1 amide bonds. The summed E-state index contributed by atoms with van der Waals surface area (Å²) in [6.45, 7) is 6.87. The van der Waals surface area contributed by atoms with E-state index in [1.54, 1.807) is 9.47 Å². The third-order valence-electron chi connectivity index (χ3n) is 6.93.